The van der Waals surface area contributed by atoms with E-state index in [4.69, 9.17) is 10.6 Å². The van der Waals surface area contributed by atoms with Gasteiger partial charge in [0.2, 0.25) is 6.10 Å². The van der Waals surface area contributed by atoms with Crippen LogP contribution in [0.3, 0.4) is 0 Å². The number of anilines is 1. The van der Waals surface area contributed by atoms with Gasteiger partial charge in [-0.3, -0.25) is 0 Å². The maximum absolute atomic E-state index is 11.8. The zero-order chi connectivity index (χ0) is 19.2. The molecular weight excluding hydrogens is 342 g/mol. The fraction of sp³-hybridized carbons (Fsp3) is 0.143. The molecule has 2 aromatic rings. The first kappa shape index (κ1) is 18.4. The SMILES string of the molecule is Cc1ccc(OC(C(=O)O)c2ccccc2)c(N(N)/N=C2/C=CC=CC2)c1. The molecule has 3 N–H and O–H groups in total. The third-order valence-electron chi connectivity index (χ3n) is 4.03. The number of hydrazone groups is 1. The van der Waals surface area contributed by atoms with E-state index in [0.29, 0.717) is 23.4 Å². The second-order valence-electron chi connectivity index (χ2n) is 6.15. The van der Waals surface area contributed by atoms with Gasteiger partial charge in [-0.25, -0.2) is 10.6 Å². The Morgan fingerprint density at radius 1 is 1.22 bits per heavy atom. The summed E-state index contributed by atoms with van der Waals surface area (Å²) in [6, 6.07) is 14.2. The van der Waals surface area contributed by atoms with Crippen LogP contribution in [0, 0.1) is 6.92 Å². The van der Waals surface area contributed by atoms with Crippen molar-refractivity contribution in [2.45, 2.75) is 19.4 Å². The number of rotatable bonds is 6. The number of allylic oxidation sites excluding steroid dienone is 4. The maximum atomic E-state index is 11.8. The average Bonchev–Trinajstić information content (AvgIpc) is 2.68. The molecule has 0 radical (unpaired) electrons. The normalized spacial score (nSPS) is 15.6. The first-order valence-corrected chi connectivity index (χ1v) is 8.55. The predicted molar refractivity (Wildman–Crippen MR) is 106 cm³/mol. The number of aliphatic carboxylic acids is 1. The van der Waals surface area contributed by atoms with Gasteiger partial charge in [0.15, 0.2) is 0 Å². The van der Waals surface area contributed by atoms with E-state index in [1.165, 1.54) is 5.12 Å². The Kier molecular flexibility index (Phi) is 5.68. The van der Waals surface area contributed by atoms with Gasteiger partial charge < -0.3 is 9.84 Å². The molecule has 0 heterocycles. The van der Waals surface area contributed by atoms with Crippen LogP contribution in [-0.2, 0) is 4.79 Å². The van der Waals surface area contributed by atoms with Crippen LogP contribution in [0.15, 0.2) is 77.9 Å². The minimum atomic E-state index is -1.15. The molecule has 0 aliphatic heterocycles. The Balaban J connectivity index is 1.92. The molecule has 1 unspecified atom stereocenters. The Morgan fingerprint density at radius 2 is 2.00 bits per heavy atom. The van der Waals surface area contributed by atoms with Crippen LogP contribution in [0.5, 0.6) is 5.75 Å². The molecule has 0 aromatic heterocycles. The van der Waals surface area contributed by atoms with Crippen LogP contribution in [0.4, 0.5) is 5.69 Å². The van der Waals surface area contributed by atoms with Crippen LogP contribution < -0.4 is 15.7 Å². The first-order chi connectivity index (χ1) is 13.0. The fourth-order valence-corrected chi connectivity index (χ4v) is 2.69. The lowest BCUT2D eigenvalue weighted by atomic mass is 10.1. The number of carboxylic acid groups (broad SMARTS) is 1. The number of hydrazine groups is 1. The van der Waals surface area contributed by atoms with Crippen molar-refractivity contribution in [1.29, 1.82) is 0 Å². The van der Waals surface area contributed by atoms with Crippen LogP contribution >= 0.6 is 0 Å². The lowest BCUT2D eigenvalue weighted by Crippen LogP contribution is -2.27. The van der Waals surface area contributed by atoms with Crippen LogP contribution in [0.25, 0.3) is 0 Å². The van der Waals surface area contributed by atoms with Gasteiger partial charge in [-0.05, 0) is 30.7 Å². The van der Waals surface area contributed by atoms with Gasteiger partial charge in [-0.15, -0.1) is 0 Å². The average molecular weight is 363 g/mol. The number of ether oxygens (including phenoxy) is 1. The van der Waals surface area contributed by atoms with Gasteiger partial charge in [0, 0.05) is 12.0 Å². The number of nitrogens with zero attached hydrogens (tertiary/aromatic N) is 2. The summed E-state index contributed by atoms with van der Waals surface area (Å²) >= 11 is 0. The monoisotopic (exact) mass is 363 g/mol. The van der Waals surface area contributed by atoms with Crippen molar-refractivity contribution in [1.82, 2.24) is 0 Å². The van der Waals surface area contributed by atoms with E-state index in [1.54, 1.807) is 30.3 Å². The molecule has 0 spiro atoms. The number of aryl methyl sites for hydroxylation is 1. The van der Waals surface area contributed by atoms with E-state index >= 15 is 0 Å². The molecule has 27 heavy (non-hydrogen) atoms. The smallest absolute Gasteiger partial charge is 0.349 e. The predicted octanol–water partition coefficient (Wildman–Crippen LogP) is 3.75. The van der Waals surface area contributed by atoms with E-state index in [9.17, 15) is 9.90 Å². The highest BCUT2D eigenvalue weighted by molar-refractivity contribution is 5.97. The van der Waals surface area contributed by atoms with Gasteiger partial charge in [0.25, 0.3) is 0 Å². The standard InChI is InChI=1S/C21H21N3O3/c1-15-12-13-19(27-20(21(25)26)16-8-4-2-5-9-16)18(14-15)24(22)23-17-10-6-3-7-11-17/h2-10,12-14,20H,11,22H2,1H3,(H,25,26)/b23-17-. The van der Waals surface area contributed by atoms with E-state index in [1.807, 2.05) is 49.4 Å². The van der Waals surface area contributed by atoms with Gasteiger partial charge in [0.1, 0.15) is 11.4 Å². The van der Waals surface area contributed by atoms with E-state index in [2.05, 4.69) is 5.10 Å². The van der Waals surface area contributed by atoms with Gasteiger partial charge in [-0.2, -0.15) is 10.2 Å². The van der Waals surface area contributed by atoms with Crippen molar-refractivity contribution in [3.63, 3.8) is 0 Å². The Labute approximate surface area is 157 Å². The largest absolute Gasteiger partial charge is 0.478 e. The minimum Gasteiger partial charge on any atom is -0.478 e. The fourth-order valence-electron chi connectivity index (χ4n) is 2.69. The first-order valence-electron chi connectivity index (χ1n) is 8.55. The van der Waals surface area contributed by atoms with Crippen molar-refractivity contribution in [2.24, 2.45) is 10.9 Å². The highest BCUT2D eigenvalue weighted by Crippen LogP contribution is 2.32. The third kappa shape index (κ3) is 4.62. The highest BCUT2D eigenvalue weighted by Gasteiger charge is 2.24. The number of benzene rings is 2. The van der Waals surface area contributed by atoms with Crippen molar-refractivity contribution in [2.75, 3.05) is 5.12 Å². The summed E-state index contributed by atoms with van der Waals surface area (Å²) < 4.78 is 5.84. The van der Waals surface area contributed by atoms with E-state index in [-0.39, 0.29) is 0 Å². The van der Waals surface area contributed by atoms with Gasteiger partial charge in [0.05, 0.1) is 5.71 Å². The molecule has 1 atom stereocenters. The van der Waals surface area contributed by atoms with Crippen molar-refractivity contribution < 1.29 is 14.6 Å². The number of carboxylic acids is 1. The van der Waals surface area contributed by atoms with Crippen LogP contribution in [-0.4, -0.2) is 16.8 Å². The second kappa shape index (κ2) is 8.33. The lowest BCUT2D eigenvalue weighted by molar-refractivity contribution is -0.145. The number of hydrogen-bond donors (Lipinski definition) is 2. The summed E-state index contributed by atoms with van der Waals surface area (Å²) in [5.41, 5.74) is 2.79. The quantitative estimate of drug-likeness (QED) is 0.603. The summed E-state index contributed by atoms with van der Waals surface area (Å²) in [6.07, 6.45) is 7.22. The summed E-state index contributed by atoms with van der Waals surface area (Å²) in [4.78, 5) is 11.8. The molecule has 3 rings (SSSR count). The molecule has 6 nitrogen and oxygen atoms in total. The highest BCUT2D eigenvalue weighted by atomic mass is 16.5. The van der Waals surface area contributed by atoms with Gasteiger partial charge in [-0.1, -0.05) is 54.6 Å². The van der Waals surface area contributed by atoms with Crippen LogP contribution in [0.2, 0.25) is 0 Å². The molecule has 2 aromatic carbocycles. The van der Waals surface area contributed by atoms with Crippen molar-refractivity contribution in [3.05, 3.63) is 84.0 Å². The summed E-state index contributed by atoms with van der Waals surface area (Å²) in [6.45, 7) is 1.92. The number of hydrogen-bond acceptors (Lipinski definition) is 5. The van der Waals surface area contributed by atoms with E-state index in [0.717, 1.165) is 11.3 Å². The summed E-state index contributed by atoms with van der Waals surface area (Å²) in [5, 5.41) is 15.2. The molecule has 138 valence electrons. The van der Waals surface area contributed by atoms with E-state index < -0.39 is 12.1 Å². The molecular formula is C21H21N3O3. The molecule has 0 saturated carbocycles. The van der Waals surface area contributed by atoms with Gasteiger partial charge >= 0.3 is 5.97 Å². The minimum absolute atomic E-state index is 0.346. The van der Waals surface area contributed by atoms with Crippen molar-refractivity contribution in [3.8, 4) is 5.75 Å². The molecule has 1 aliphatic rings. The number of nitrogens with two attached hydrogens (primary N) is 1. The summed E-state index contributed by atoms with van der Waals surface area (Å²) in [7, 11) is 0. The maximum Gasteiger partial charge on any atom is 0.349 e. The zero-order valence-electron chi connectivity index (χ0n) is 14.9. The molecule has 1 aliphatic carbocycles. The second-order valence-corrected chi connectivity index (χ2v) is 6.15. The zero-order valence-corrected chi connectivity index (χ0v) is 14.9. The summed E-state index contributed by atoms with van der Waals surface area (Å²) in [5.74, 6) is 5.41. The molecule has 0 saturated heterocycles. The Morgan fingerprint density at radius 3 is 2.67 bits per heavy atom. The Hall–Kier alpha value is -3.38. The molecule has 0 bridgehead atoms. The topological polar surface area (TPSA) is 88.2 Å². The molecule has 0 amide bonds. The molecule has 0 fully saturated rings. The Bertz CT molecular complexity index is 904. The van der Waals surface area contributed by atoms with Crippen LogP contribution in [0.1, 0.15) is 23.7 Å². The number of carbonyl (C=O) groups is 1. The molecule has 6 heteroatoms. The lowest BCUT2D eigenvalue weighted by Gasteiger charge is -2.22. The van der Waals surface area contributed by atoms with Crippen molar-refractivity contribution >= 4 is 17.4 Å². The third-order valence-corrected chi connectivity index (χ3v) is 4.03.